The molecule has 2 heterocycles. The molecule has 3 aliphatic carbocycles. The maximum Gasteiger partial charge on any atom is 0.216 e. The van der Waals surface area contributed by atoms with Gasteiger partial charge in [-0.15, -0.1) is 0 Å². The molecule has 8 atom stereocenters. The number of carbonyl (C=O) groups is 1. The van der Waals surface area contributed by atoms with Crippen LogP contribution >= 0.6 is 0 Å². The molecule has 1 amide bonds. The highest BCUT2D eigenvalue weighted by Crippen LogP contribution is 2.64. The zero-order chi connectivity index (χ0) is 21.8. The van der Waals surface area contributed by atoms with Crippen LogP contribution in [0.2, 0.25) is 0 Å². The molecule has 31 heavy (non-hydrogen) atoms. The summed E-state index contributed by atoms with van der Waals surface area (Å²) in [4.78, 5) is 11.1. The van der Waals surface area contributed by atoms with Crippen LogP contribution in [0, 0.1) is 28.6 Å². The topological polar surface area (TPSA) is 56.8 Å². The summed E-state index contributed by atoms with van der Waals surface area (Å²) in [7, 11) is 0. The Labute approximate surface area is 187 Å². The first-order valence-corrected chi connectivity index (χ1v) is 12.3. The van der Waals surface area contributed by atoms with Gasteiger partial charge in [0.15, 0.2) is 6.29 Å². The summed E-state index contributed by atoms with van der Waals surface area (Å²) in [6.07, 6.45) is 10.6. The Morgan fingerprint density at radius 1 is 1.23 bits per heavy atom. The first-order chi connectivity index (χ1) is 14.8. The summed E-state index contributed by atoms with van der Waals surface area (Å²) in [5.74, 6) is 1.76. The summed E-state index contributed by atoms with van der Waals surface area (Å²) in [5.41, 5.74) is 3.22. The van der Waals surface area contributed by atoms with E-state index in [0.29, 0.717) is 29.7 Å². The lowest BCUT2D eigenvalue weighted by molar-refractivity contribution is -0.303. The van der Waals surface area contributed by atoms with Gasteiger partial charge in [-0.05, 0) is 66.9 Å². The maximum absolute atomic E-state index is 11.1. The molecular weight excluding hydrogens is 390 g/mol. The molecule has 172 valence electrons. The van der Waals surface area contributed by atoms with Gasteiger partial charge in [0.2, 0.25) is 5.91 Å². The summed E-state index contributed by atoms with van der Waals surface area (Å²) in [6, 6.07) is 0. The number of nitrogens with one attached hydrogen (secondary N) is 1. The Kier molecular flexibility index (Phi) is 5.59. The number of allylic oxidation sites excluding steroid dienone is 1. The van der Waals surface area contributed by atoms with Gasteiger partial charge in [0.05, 0.1) is 25.4 Å². The molecule has 2 aliphatic heterocycles. The molecule has 0 aromatic carbocycles. The standard InChI is InChI=1S/C26H39NO4/c1-16-14-29-24-18(16)7-9-20-19(24)8-10-21-25(20,3)12-11-22-26(21,4)15-30-23(31-22)6-5-13-27-17(2)28/h8,18,20-24H,1,5-7,9-15H2,2-4H3,(H,27,28). The van der Waals surface area contributed by atoms with Crippen molar-refractivity contribution in [2.24, 2.45) is 28.6 Å². The van der Waals surface area contributed by atoms with Crippen LogP contribution in [0.5, 0.6) is 0 Å². The van der Waals surface area contributed by atoms with Crippen LogP contribution in [0.25, 0.3) is 0 Å². The van der Waals surface area contributed by atoms with E-state index in [-0.39, 0.29) is 29.8 Å². The average Bonchev–Trinajstić information content (AvgIpc) is 3.12. The van der Waals surface area contributed by atoms with E-state index < -0.39 is 0 Å². The Bertz CT molecular complexity index is 777. The third-order valence-corrected chi connectivity index (χ3v) is 9.38. The number of amides is 1. The number of hydrogen-bond donors (Lipinski definition) is 1. The predicted molar refractivity (Wildman–Crippen MR) is 119 cm³/mol. The van der Waals surface area contributed by atoms with E-state index in [0.717, 1.165) is 38.9 Å². The normalized spacial score (nSPS) is 46.3. The van der Waals surface area contributed by atoms with Gasteiger partial charge in [-0.3, -0.25) is 4.79 Å². The second kappa shape index (κ2) is 8.00. The summed E-state index contributed by atoms with van der Waals surface area (Å²) >= 11 is 0. The molecule has 0 radical (unpaired) electrons. The summed E-state index contributed by atoms with van der Waals surface area (Å²) in [5, 5.41) is 2.86. The highest BCUT2D eigenvalue weighted by Gasteiger charge is 2.61. The van der Waals surface area contributed by atoms with Crippen molar-refractivity contribution < 1.29 is 19.0 Å². The lowest BCUT2D eigenvalue weighted by atomic mass is 9.45. The van der Waals surface area contributed by atoms with E-state index in [1.54, 1.807) is 12.5 Å². The van der Waals surface area contributed by atoms with Gasteiger partial charge in [-0.25, -0.2) is 0 Å². The zero-order valence-electron chi connectivity index (χ0n) is 19.5. The van der Waals surface area contributed by atoms with Crippen LogP contribution in [0.3, 0.4) is 0 Å². The molecule has 0 aromatic heterocycles. The number of rotatable bonds is 4. The predicted octanol–water partition coefficient (Wildman–Crippen LogP) is 4.38. The lowest BCUT2D eigenvalue weighted by Crippen LogP contribution is -2.61. The highest BCUT2D eigenvalue weighted by atomic mass is 16.7. The molecule has 5 rings (SSSR count). The van der Waals surface area contributed by atoms with Crippen LogP contribution in [0.4, 0.5) is 0 Å². The minimum absolute atomic E-state index is 0.0238. The van der Waals surface area contributed by atoms with Crippen LogP contribution in [-0.4, -0.2) is 44.2 Å². The Hall–Kier alpha value is -1.17. The minimum Gasteiger partial charge on any atom is -0.369 e. The number of fused-ring (bicyclic) bond motifs is 7. The number of carbonyl (C=O) groups excluding carboxylic acids is 1. The van der Waals surface area contributed by atoms with Gasteiger partial charge in [0.25, 0.3) is 0 Å². The van der Waals surface area contributed by atoms with E-state index >= 15 is 0 Å². The van der Waals surface area contributed by atoms with Crippen molar-refractivity contribution in [1.29, 1.82) is 0 Å². The number of ether oxygens (including phenoxy) is 3. The third-order valence-electron chi connectivity index (χ3n) is 9.38. The fraction of sp³-hybridized carbons (Fsp3) is 0.808. The molecule has 0 aromatic rings. The number of hydrogen-bond acceptors (Lipinski definition) is 4. The molecule has 2 saturated carbocycles. The second-order valence-electron chi connectivity index (χ2n) is 11.2. The average molecular weight is 430 g/mol. The van der Waals surface area contributed by atoms with Crippen molar-refractivity contribution in [3.63, 3.8) is 0 Å². The van der Waals surface area contributed by atoms with Crippen molar-refractivity contribution in [2.45, 2.75) is 84.2 Å². The Morgan fingerprint density at radius 3 is 2.87 bits per heavy atom. The molecule has 4 fully saturated rings. The smallest absolute Gasteiger partial charge is 0.216 e. The van der Waals surface area contributed by atoms with E-state index in [9.17, 15) is 4.79 Å². The largest absolute Gasteiger partial charge is 0.369 e. The van der Waals surface area contributed by atoms with E-state index in [2.05, 4.69) is 31.8 Å². The van der Waals surface area contributed by atoms with E-state index in [4.69, 9.17) is 14.2 Å². The molecular formula is C26H39NO4. The monoisotopic (exact) mass is 429 g/mol. The quantitative estimate of drug-likeness (QED) is 0.532. The van der Waals surface area contributed by atoms with Crippen LogP contribution in [-0.2, 0) is 19.0 Å². The molecule has 5 heteroatoms. The molecule has 0 bridgehead atoms. The Balaban J connectivity index is 1.29. The molecule has 8 unspecified atom stereocenters. The van der Waals surface area contributed by atoms with Crippen LogP contribution in [0.15, 0.2) is 23.8 Å². The van der Waals surface area contributed by atoms with Crippen molar-refractivity contribution in [3.05, 3.63) is 23.8 Å². The zero-order valence-corrected chi connectivity index (χ0v) is 19.5. The van der Waals surface area contributed by atoms with Crippen LogP contribution in [0.1, 0.15) is 65.7 Å². The van der Waals surface area contributed by atoms with Crippen molar-refractivity contribution in [3.8, 4) is 0 Å². The van der Waals surface area contributed by atoms with Gasteiger partial charge in [0, 0.05) is 31.2 Å². The molecule has 5 nitrogen and oxygen atoms in total. The van der Waals surface area contributed by atoms with E-state index in [1.807, 2.05) is 0 Å². The minimum atomic E-state index is -0.140. The summed E-state index contributed by atoms with van der Waals surface area (Å²) in [6.45, 7) is 13.0. The van der Waals surface area contributed by atoms with Gasteiger partial charge >= 0.3 is 0 Å². The van der Waals surface area contributed by atoms with Gasteiger partial charge < -0.3 is 19.5 Å². The first kappa shape index (κ1) is 21.7. The fourth-order valence-corrected chi connectivity index (χ4v) is 7.73. The second-order valence-corrected chi connectivity index (χ2v) is 11.2. The SMILES string of the molecule is C=C1COC2C3=CCC4C5(C)COC(CCCNC(C)=O)OC5CCC4(C)C3CCC12. The molecule has 5 aliphatic rings. The maximum atomic E-state index is 11.1. The first-order valence-electron chi connectivity index (χ1n) is 12.3. The van der Waals surface area contributed by atoms with E-state index in [1.165, 1.54) is 24.8 Å². The van der Waals surface area contributed by atoms with Crippen molar-refractivity contribution in [1.82, 2.24) is 5.32 Å². The lowest BCUT2D eigenvalue weighted by Gasteiger charge is -2.63. The third kappa shape index (κ3) is 3.52. The Morgan fingerprint density at radius 2 is 2.06 bits per heavy atom. The van der Waals surface area contributed by atoms with Gasteiger partial charge in [0.1, 0.15) is 0 Å². The van der Waals surface area contributed by atoms with Crippen molar-refractivity contribution >= 4 is 5.91 Å². The van der Waals surface area contributed by atoms with Gasteiger partial charge in [-0.2, -0.15) is 0 Å². The highest BCUT2D eigenvalue weighted by molar-refractivity contribution is 5.72. The summed E-state index contributed by atoms with van der Waals surface area (Å²) < 4.78 is 19.0. The molecule has 1 N–H and O–H groups in total. The molecule has 0 spiro atoms. The fourth-order valence-electron chi connectivity index (χ4n) is 7.73. The van der Waals surface area contributed by atoms with Crippen molar-refractivity contribution in [2.75, 3.05) is 19.8 Å². The van der Waals surface area contributed by atoms with Gasteiger partial charge in [-0.1, -0.05) is 26.5 Å². The van der Waals surface area contributed by atoms with Crippen LogP contribution < -0.4 is 5.32 Å². The molecule has 2 saturated heterocycles.